The van der Waals surface area contributed by atoms with Crippen LogP contribution in [0.25, 0.3) is 0 Å². The maximum atomic E-state index is 11.9. The van der Waals surface area contributed by atoms with Gasteiger partial charge in [0.25, 0.3) is 5.91 Å². The molecule has 0 radical (unpaired) electrons. The van der Waals surface area contributed by atoms with Crippen molar-refractivity contribution in [2.45, 2.75) is 6.92 Å². The van der Waals surface area contributed by atoms with Gasteiger partial charge in [-0.2, -0.15) is 0 Å². The third-order valence-electron chi connectivity index (χ3n) is 3.15. The Hall–Kier alpha value is -2.44. The standard InChI is InChI=1S/C18H18Cl2N2O4/c1-2-25-13-4-6-14(7-5-13)26-11-18(24)21-10-17(23)22-16-9-12(19)3-8-15(16)20/h3-9H,2,10-11H2,1H3,(H,21,24)(H,22,23). The fourth-order valence-corrected chi connectivity index (χ4v) is 2.30. The van der Waals surface area contributed by atoms with E-state index >= 15 is 0 Å². The fourth-order valence-electron chi connectivity index (χ4n) is 1.97. The normalized spacial score (nSPS) is 10.1. The van der Waals surface area contributed by atoms with E-state index in [4.69, 9.17) is 32.7 Å². The van der Waals surface area contributed by atoms with Crippen molar-refractivity contribution in [3.63, 3.8) is 0 Å². The highest BCUT2D eigenvalue weighted by Crippen LogP contribution is 2.25. The number of hydrogen-bond acceptors (Lipinski definition) is 4. The molecule has 0 unspecified atom stereocenters. The molecule has 0 saturated carbocycles. The van der Waals surface area contributed by atoms with Gasteiger partial charge < -0.3 is 20.1 Å². The van der Waals surface area contributed by atoms with Crippen molar-refractivity contribution in [3.05, 3.63) is 52.5 Å². The molecular formula is C18H18Cl2N2O4. The summed E-state index contributed by atoms with van der Waals surface area (Å²) in [5.41, 5.74) is 0.379. The van der Waals surface area contributed by atoms with Crippen LogP contribution in [0.2, 0.25) is 10.0 Å². The summed E-state index contributed by atoms with van der Waals surface area (Å²) in [7, 11) is 0. The Kier molecular flexibility index (Phi) is 7.56. The molecule has 2 amide bonds. The highest BCUT2D eigenvalue weighted by molar-refractivity contribution is 6.35. The van der Waals surface area contributed by atoms with Crippen molar-refractivity contribution in [1.29, 1.82) is 0 Å². The second-order valence-electron chi connectivity index (χ2n) is 5.14. The maximum absolute atomic E-state index is 11.9. The number of halogens is 2. The van der Waals surface area contributed by atoms with Crippen LogP contribution in [0.1, 0.15) is 6.92 Å². The van der Waals surface area contributed by atoms with Crippen molar-refractivity contribution in [3.8, 4) is 11.5 Å². The minimum absolute atomic E-state index is 0.209. The first-order valence-corrected chi connectivity index (χ1v) is 8.60. The summed E-state index contributed by atoms with van der Waals surface area (Å²) >= 11 is 11.8. The van der Waals surface area contributed by atoms with Gasteiger partial charge in [0.15, 0.2) is 6.61 Å². The highest BCUT2D eigenvalue weighted by atomic mass is 35.5. The van der Waals surface area contributed by atoms with Gasteiger partial charge in [0.1, 0.15) is 11.5 Å². The second kappa shape index (κ2) is 9.89. The summed E-state index contributed by atoms with van der Waals surface area (Å²) in [6, 6.07) is 11.6. The quantitative estimate of drug-likeness (QED) is 0.715. The van der Waals surface area contributed by atoms with Gasteiger partial charge in [0.2, 0.25) is 5.91 Å². The number of amides is 2. The Balaban J connectivity index is 1.74. The van der Waals surface area contributed by atoms with E-state index in [-0.39, 0.29) is 13.2 Å². The summed E-state index contributed by atoms with van der Waals surface area (Å²) in [4.78, 5) is 23.6. The molecule has 2 N–H and O–H groups in total. The lowest BCUT2D eigenvalue weighted by atomic mass is 10.3. The summed E-state index contributed by atoms with van der Waals surface area (Å²) < 4.78 is 10.7. The van der Waals surface area contributed by atoms with Gasteiger partial charge in [0.05, 0.1) is 23.9 Å². The first kappa shape index (κ1) is 19.9. The van der Waals surface area contributed by atoms with Crippen molar-refractivity contribution in [1.82, 2.24) is 5.32 Å². The van der Waals surface area contributed by atoms with Crippen LogP contribution in [0.5, 0.6) is 11.5 Å². The smallest absolute Gasteiger partial charge is 0.258 e. The minimum atomic E-state index is -0.427. The topological polar surface area (TPSA) is 76.7 Å². The van der Waals surface area contributed by atoms with Crippen molar-refractivity contribution < 1.29 is 19.1 Å². The van der Waals surface area contributed by atoms with E-state index in [1.807, 2.05) is 6.92 Å². The number of carbonyl (C=O) groups is 2. The minimum Gasteiger partial charge on any atom is -0.494 e. The van der Waals surface area contributed by atoms with Crippen LogP contribution in [0.3, 0.4) is 0 Å². The molecule has 0 saturated heterocycles. The van der Waals surface area contributed by atoms with Crippen LogP contribution in [0, 0.1) is 0 Å². The number of benzene rings is 2. The van der Waals surface area contributed by atoms with Crippen molar-refractivity contribution >= 4 is 40.7 Å². The van der Waals surface area contributed by atoms with Crippen LogP contribution in [0.4, 0.5) is 5.69 Å². The van der Waals surface area contributed by atoms with Crippen LogP contribution in [0.15, 0.2) is 42.5 Å². The van der Waals surface area contributed by atoms with Gasteiger partial charge in [-0.25, -0.2) is 0 Å². The molecule has 0 aromatic heterocycles. The Morgan fingerprint density at radius 2 is 1.62 bits per heavy atom. The Morgan fingerprint density at radius 3 is 2.27 bits per heavy atom. The number of ether oxygens (including phenoxy) is 2. The van der Waals surface area contributed by atoms with Crippen LogP contribution < -0.4 is 20.1 Å². The van der Waals surface area contributed by atoms with E-state index in [0.717, 1.165) is 5.75 Å². The zero-order chi connectivity index (χ0) is 18.9. The molecule has 0 bridgehead atoms. The molecule has 6 nitrogen and oxygen atoms in total. The van der Waals surface area contributed by atoms with Gasteiger partial charge in [-0.05, 0) is 49.4 Å². The Morgan fingerprint density at radius 1 is 0.962 bits per heavy atom. The third kappa shape index (κ3) is 6.46. The molecule has 0 aliphatic rings. The molecule has 0 aliphatic heterocycles. The van der Waals surface area contributed by atoms with E-state index in [2.05, 4.69) is 10.6 Å². The van der Waals surface area contributed by atoms with E-state index in [1.165, 1.54) is 6.07 Å². The van der Waals surface area contributed by atoms with Gasteiger partial charge in [-0.3, -0.25) is 9.59 Å². The molecule has 8 heteroatoms. The van der Waals surface area contributed by atoms with Gasteiger partial charge in [-0.15, -0.1) is 0 Å². The number of nitrogens with one attached hydrogen (secondary N) is 2. The summed E-state index contributed by atoms with van der Waals surface area (Å²) in [5, 5.41) is 5.83. The molecule has 0 spiro atoms. The molecule has 138 valence electrons. The predicted octanol–water partition coefficient (Wildman–Crippen LogP) is 3.53. The van der Waals surface area contributed by atoms with E-state index in [0.29, 0.717) is 28.1 Å². The van der Waals surface area contributed by atoms with E-state index in [9.17, 15) is 9.59 Å². The van der Waals surface area contributed by atoms with Crippen LogP contribution >= 0.6 is 23.2 Å². The average molecular weight is 397 g/mol. The summed E-state index contributed by atoms with van der Waals surface area (Å²) in [6.07, 6.45) is 0. The average Bonchev–Trinajstić information content (AvgIpc) is 2.63. The van der Waals surface area contributed by atoms with Gasteiger partial charge >= 0.3 is 0 Å². The van der Waals surface area contributed by atoms with Crippen LogP contribution in [-0.2, 0) is 9.59 Å². The fraction of sp³-hybridized carbons (Fsp3) is 0.222. The van der Waals surface area contributed by atoms with Crippen molar-refractivity contribution in [2.75, 3.05) is 25.1 Å². The second-order valence-corrected chi connectivity index (χ2v) is 5.99. The van der Waals surface area contributed by atoms with Crippen LogP contribution in [-0.4, -0.2) is 31.6 Å². The molecule has 2 aromatic rings. The van der Waals surface area contributed by atoms with Gasteiger partial charge in [-0.1, -0.05) is 23.2 Å². The zero-order valence-electron chi connectivity index (χ0n) is 14.1. The van der Waals surface area contributed by atoms with E-state index < -0.39 is 11.8 Å². The molecule has 0 atom stereocenters. The molecule has 0 aliphatic carbocycles. The largest absolute Gasteiger partial charge is 0.494 e. The third-order valence-corrected chi connectivity index (χ3v) is 3.72. The highest BCUT2D eigenvalue weighted by Gasteiger charge is 2.09. The first-order valence-electron chi connectivity index (χ1n) is 7.85. The monoisotopic (exact) mass is 396 g/mol. The lowest BCUT2D eigenvalue weighted by Crippen LogP contribution is -2.35. The molecule has 0 fully saturated rings. The molecular weight excluding hydrogens is 379 g/mol. The summed E-state index contributed by atoms with van der Waals surface area (Å²) in [5.74, 6) is 0.397. The zero-order valence-corrected chi connectivity index (χ0v) is 15.6. The number of hydrogen-bond donors (Lipinski definition) is 2. The van der Waals surface area contributed by atoms with Crippen molar-refractivity contribution in [2.24, 2.45) is 0 Å². The predicted molar refractivity (Wildman–Crippen MR) is 101 cm³/mol. The Bertz CT molecular complexity index is 766. The number of carbonyl (C=O) groups excluding carboxylic acids is 2. The molecule has 2 rings (SSSR count). The lowest BCUT2D eigenvalue weighted by molar-refractivity contribution is -0.125. The molecule has 2 aromatic carbocycles. The van der Waals surface area contributed by atoms with E-state index in [1.54, 1.807) is 36.4 Å². The molecule has 26 heavy (non-hydrogen) atoms. The SMILES string of the molecule is CCOc1ccc(OCC(=O)NCC(=O)Nc2cc(Cl)ccc2Cl)cc1. The molecule has 0 heterocycles. The maximum Gasteiger partial charge on any atom is 0.258 e. The first-order chi connectivity index (χ1) is 12.5. The number of rotatable bonds is 8. The lowest BCUT2D eigenvalue weighted by Gasteiger charge is -2.10. The van der Waals surface area contributed by atoms with Gasteiger partial charge in [0, 0.05) is 5.02 Å². The Labute approximate surface area is 161 Å². The summed E-state index contributed by atoms with van der Waals surface area (Å²) in [6.45, 7) is 2.05. The number of anilines is 1.